The van der Waals surface area contributed by atoms with Gasteiger partial charge in [0.25, 0.3) is 0 Å². The van der Waals surface area contributed by atoms with Gasteiger partial charge in [-0.2, -0.15) is 0 Å². The van der Waals surface area contributed by atoms with E-state index in [0.717, 1.165) is 36.1 Å². The van der Waals surface area contributed by atoms with Crippen LogP contribution in [0.2, 0.25) is 0 Å². The van der Waals surface area contributed by atoms with E-state index in [-0.39, 0.29) is 12.1 Å². The number of imidazole rings is 1. The van der Waals surface area contributed by atoms with E-state index in [1.165, 1.54) is 25.7 Å². The van der Waals surface area contributed by atoms with Crippen LogP contribution in [0.3, 0.4) is 0 Å². The Morgan fingerprint density at radius 1 is 1.22 bits per heavy atom. The second-order valence-electron chi connectivity index (χ2n) is 7.83. The Hall–Kier alpha value is -2.57. The lowest BCUT2D eigenvalue weighted by Crippen LogP contribution is -2.50. The highest BCUT2D eigenvalue weighted by atomic mass is 16.2. The molecule has 27 heavy (non-hydrogen) atoms. The summed E-state index contributed by atoms with van der Waals surface area (Å²) in [6, 6.07) is 4.13. The summed E-state index contributed by atoms with van der Waals surface area (Å²) in [5.41, 5.74) is 0.931. The number of rotatable bonds is 5. The third-order valence-electron chi connectivity index (χ3n) is 5.87. The van der Waals surface area contributed by atoms with E-state index in [1.54, 1.807) is 0 Å². The van der Waals surface area contributed by atoms with E-state index in [2.05, 4.69) is 16.5 Å². The van der Waals surface area contributed by atoms with Gasteiger partial charge >= 0.3 is 6.03 Å². The maximum atomic E-state index is 13.1. The normalized spacial score (nSPS) is 22.3. The van der Waals surface area contributed by atoms with Crippen LogP contribution in [-0.4, -0.2) is 50.4 Å². The van der Waals surface area contributed by atoms with Gasteiger partial charge in [0.2, 0.25) is 0 Å². The van der Waals surface area contributed by atoms with Crippen molar-refractivity contribution in [3.8, 4) is 0 Å². The molecule has 2 aromatic rings. The van der Waals surface area contributed by atoms with Crippen molar-refractivity contribution < 1.29 is 4.79 Å². The summed E-state index contributed by atoms with van der Waals surface area (Å²) >= 11 is 0. The van der Waals surface area contributed by atoms with Crippen LogP contribution < -0.4 is 4.90 Å². The number of nitrogens with one attached hydrogen (secondary N) is 1. The van der Waals surface area contributed by atoms with Gasteiger partial charge in [0.1, 0.15) is 11.5 Å². The number of carbonyl (C=O) groups excluding carboxylic acids is 1. The molecule has 0 saturated heterocycles. The Labute approximate surface area is 159 Å². The number of anilines is 1. The zero-order valence-electron chi connectivity index (χ0n) is 15.8. The number of aliphatic imine (C=N–C) groups is 1. The zero-order valence-corrected chi connectivity index (χ0v) is 15.8. The van der Waals surface area contributed by atoms with Crippen molar-refractivity contribution in [2.45, 2.75) is 57.5 Å². The molecule has 1 fully saturated rings. The molecular weight excluding hydrogens is 340 g/mol. The molecule has 0 radical (unpaired) electrons. The third kappa shape index (κ3) is 2.76. The number of urea groups is 1. The fraction of sp³-hybridized carbons (Fsp3) is 0.550. The number of nitrogens with zero attached hydrogens (tertiary/aromatic N) is 5. The maximum Gasteiger partial charge on any atom is 0.331 e. The smallest absolute Gasteiger partial charge is 0.331 e. The Morgan fingerprint density at radius 2 is 2.00 bits per heavy atom. The van der Waals surface area contributed by atoms with Gasteiger partial charge in [-0.05, 0) is 31.4 Å². The van der Waals surface area contributed by atoms with Gasteiger partial charge in [0.15, 0.2) is 11.7 Å². The van der Waals surface area contributed by atoms with Gasteiger partial charge in [-0.15, -0.1) is 0 Å². The average Bonchev–Trinajstić information content (AvgIpc) is 3.44. The molecule has 1 N–H and O–H groups in total. The number of hydrogen-bond donors (Lipinski definition) is 1. The minimum Gasteiger partial charge on any atom is -0.352 e. The lowest BCUT2D eigenvalue weighted by atomic mass is 10.1. The number of hydrogen-bond acceptors (Lipinski definition) is 3. The fourth-order valence-corrected chi connectivity index (χ4v) is 4.57. The Bertz CT molecular complexity index is 861. The van der Waals surface area contributed by atoms with Crippen molar-refractivity contribution in [2.24, 2.45) is 4.99 Å². The first kappa shape index (κ1) is 16.6. The molecule has 4 heterocycles. The molecule has 1 unspecified atom stereocenters. The van der Waals surface area contributed by atoms with Crippen LogP contribution in [0.15, 0.2) is 29.5 Å². The molecule has 2 amide bonds. The first-order valence-electron chi connectivity index (χ1n) is 10.1. The first-order valence-corrected chi connectivity index (χ1v) is 10.1. The monoisotopic (exact) mass is 366 g/mol. The van der Waals surface area contributed by atoms with Crippen LogP contribution in [0.1, 0.15) is 56.5 Å². The molecule has 7 nitrogen and oxygen atoms in total. The highest BCUT2D eigenvalue weighted by Gasteiger charge is 2.42. The Kier molecular flexibility index (Phi) is 4.02. The van der Waals surface area contributed by atoms with Crippen molar-refractivity contribution in [2.75, 3.05) is 18.0 Å². The average molecular weight is 366 g/mol. The molecule has 1 saturated carbocycles. The van der Waals surface area contributed by atoms with Crippen molar-refractivity contribution in [3.63, 3.8) is 0 Å². The quantitative estimate of drug-likeness (QED) is 0.882. The number of amides is 2. The third-order valence-corrected chi connectivity index (χ3v) is 5.87. The number of aromatic amines is 1. The van der Waals surface area contributed by atoms with Crippen molar-refractivity contribution >= 4 is 17.7 Å². The van der Waals surface area contributed by atoms with Gasteiger partial charge in [0.05, 0.1) is 12.6 Å². The number of carbonyl (C=O) groups is 1. The number of aromatic nitrogens is 3. The summed E-state index contributed by atoms with van der Waals surface area (Å²) < 4.78 is 2.12. The molecule has 1 aliphatic carbocycles. The molecule has 5 rings (SSSR count). The van der Waals surface area contributed by atoms with Gasteiger partial charge in [-0.3, -0.25) is 14.8 Å². The van der Waals surface area contributed by atoms with E-state index in [1.807, 2.05) is 34.3 Å². The minimum atomic E-state index is 0.0163. The van der Waals surface area contributed by atoms with E-state index >= 15 is 0 Å². The second-order valence-corrected chi connectivity index (χ2v) is 7.83. The van der Waals surface area contributed by atoms with Crippen LogP contribution in [-0.2, 0) is 6.54 Å². The molecule has 0 aromatic carbocycles. The van der Waals surface area contributed by atoms with Crippen LogP contribution in [0, 0.1) is 0 Å². The van der Waals surface area contributed by atoms with Crippen LogP contribution in [0.5, 0.6) is 0 Å². The molecule has 2 aromatic heterocycles. The molecule has 7 heteroatoms. The molecule has 0 spiro atoms. The Morgan fingerprint density at radius 3 is 2.74 bits per heavy atom. The lowest BCUT2D eigenvalue weighted by Gasteiger charge is -2.32. The van der Waals surface area contributed by atoms with E-state index in [4.69, 9.17) is 9.98 Å². The van der Waals surface area contributed by atoms with Crippen molar-refractivity contribution in [3.05, 3.63) is 36.0 Å². The van der Waals surface area contributed by atoms with Crippen LogP contribution >= 0.6 is 0 Å². The summed E-state index contributed by atoms with van der Waals surface area (Å²) in [7, 11) is 0. The molecule has 2 aliphatic heterocycles. The van der Waals surface area contributed by atoms with Gasteiger partial charge in [-0.1, -0.05) is 19.8 Å². The molecule has 142 valence electrons. The first-order chi connectivity index (χ1) is 13.2. The second kappa shape index (κ2) is 6.55. The summed E-state index contributed by atoms with van der Waals surface area (Å²) in [4.78, 5) is 30.2. The summed E-state index contributed by atoms with van der Waals surface area (Å²) in [6.07, 6.45) is 9.88. The maximum absolute atomic E-state index is 13.1. The van der Waals surface area contributed by atoms with Gasteiger partial charge in [-0.25, -0.2) is 9.78 Å². The van der Waals surface area contributed by atoms with Crippen LogP contribution in [0.25, 0.3) is 0 Å². The summed E-state index contributed by atoms with van der Waals surface area (Å²) in [5.74, 6) is 3.07. The lowest BCUT2D eigenvalue weighted by molar-refractivity contribution is 0.226. The SMILES string of the molecule is CCCN1C(=O)N2CC(Cn3cccc3)N=C2c2[nH]c(C3CCCC3)nc21. The Balaban J connectivity index is 1.51. The highest BCUT2D eigenvalue weighted by Crippen LogP contribution is 2.37. The highest BCUT2D eigenvalue weighted by molar-refractivity contribution is 6.18. The van der Waals surface area contributed by atoms with E-state index in [0.29, 0.717) is 19.0 Å². The van der Waals surface area contributed by atoms with Gasteiger partial charge < -0.3 is 9.55 Å². The molecular formula is C20H26N6O. The number of amidine groups is 1. The van der Waals surface area contributed by atoms with E-state index in [9.17, 15) is 4.79 Å². The van der Waals surface area contributed by atoms with Crippen molar-refractivity contribution in [1.29, 1.82) is 0 Å². The molecule has 3 aliphatic rings. The standard InChI is InChI=1S/C20H26N6O/c1-2-9-25-19-16(22-17(23-19)14-7-3-4-8-14)18-21-15(13-26(18)20(25)27)12-24-10-5-6-11-24/h5-6,10-11,14-15H,2-4,7-9,12-13H2,1H3,(H,22,23). The van der Waals surface area contributed by atoms with Crippen LogP contribution in [0.4, 0.5) is 10.6 Å². The number of fused-ring (bicyclic) bond motifs is 3. The minimum absolute atomic E-state index is 0.0163. The zero-order chi connectivity index (χ0) is 18.4. The fourth-order valence-electron chi connectivity index (χ4n) is 4.57. The predicted molar refractivity (Wildman–Crippen MR) is 104 cm³/mol. The largest absolute Gasteiger partial charge is 0.352 e. The number of H-pyrrole nitrogens is 1. The van der Waals surface area contributed by atoms with Gasteiger partial charge in [0, 0.05) is 31.4 Å². The summed E-state index contributed by atoms with van der Waals surface area (Å²) in [5, 5.41) is 0. The molecule has 0 bridgehead atoms. The van der Waals surface area contributed by atoms with E-state index < -0.39 is 0 Å². The predicted octanol–water partition coefficient (Wildman–Crippen LogP) is 3.35. The van der Waals surface area contributed by atoms with Crippen molar-refractivity contribution in [1.82, 2.24) is 19.4 Å². The molecule has 1 atom stereocenters. The summed E-state index contributed by atoms with van der Waals surface area (Å²) in [6.45, 7) is 4.20. The topological polar surface area (TPSA) is 69.5 Å².